The predicted molar refractivity (Wildman–Crippen MR) is 133 cm³/mol. The SMILES string of the molecule is COc1cccc(NC(=O)N[C@H]2[C@@H]3c4cc(Oc5ccnc6c5CCC(=O)N6)ccc4OC23C)c1Cl. The predicted octanol–water partition coefficient (Wildman–Crippen LogP) is 4.86. The summed E-state index contributed by atoms with van der Waals surface area (Å²) in [6, 6.07) is 12.0. The summed E-state index contributed by atoms with van der Waals surface area (Å²) in [6.45, 7) is 1.98. The molecule has 3 aromatic rings. The number of methoxy groups -OCH3 is 1. The minimum atomic E-state index is -0.545. The van der Waals surface area contributed by atoms with E-state index in [0.717, 1.165) is 16.9 Å². The molecule has 3 atom stereocenters. The average molecular weight is 507 g/mol. The maximum atomic E-state index is 12.7. The van der Waals surface area contributed by atoms with Gasteiger partial charge >= 0.3 is 6.03 Å². The third-order valence-corrected chi connectivity index (χ3v) is 7.31. The molecule has 0 saturated heterocycles. The van der Waals surface area contributed by atoms with Gasteiger partial charge in [0, 0.05) is 23.7 Å². The van der Waals surface area contributed by atoms with Crippen molar-refractivity contribution in [1.82, 2.24) is 10.3 Å². The molecule has 9 nitrogen and oxygen atoms in total. The van der Waals surface area contributed by atoms with Crippen LogP contribution in [-0.2, 0) is 11.2 Å². The van der Waals surface area contributed by atoms with Crippen LogP contribution in [0.3, 0.4) is 0 Å². The molecule has 3 amide bonds. The molecule has 0 bridgehead atoms. The molecule has 10 heteroatoms. The third kappa shape index (κ3) is 3.67. The molecule has 3 N–H and O–H groups in total. The van der Waals surface area contributed by atoms with Crippen LogP contribution in [0, 0.1) is 0 Å². The number of halogens is 1. The first-order valence-corrected chi connectivity index (χ1v) is 11.9. The van der Waals surface area contributed by atoms with Crippen LogP contribution in [0.2, 0.25) is 5.02 Å². The lowest BCUT2D eigenvalue weighted by Gasteiger charge is -2.19. The lowest BCUT2D eigenvalue weighted by Crippen LogP contribution is -2.37. The van der Waals surface area contributed by atoms with Crippen LogP contribution in [-0.4, -0.2) is 35.7 Å². The number of urea groups is 1. The van der Waals surface area contributed by atoms with Crippen LogP contribution < -0.4 is 30.2 Å². The molecule has 1 aromatic heterocycles. The van der Waals surface area contributed by atoms with Crippen LogP contribution in [0.25, 0.3) is 0 Å². The van der Waals surface area contributed by atoms with E-state index in [1.165, 1.54) is 7.11 Å². The van der Waals surface area contributed by atoms with E-state index >= 15 is 0 Å². The van der Waals surface area contributed by atoms with Crippen LogP contribution in [0.4, 0.5) is 16.3 Å². The van der Waals surface area contributed by atoms with Crippen molar-refractivity contribution in [3.8, 4) is 23.0 Å². The molecule has 1 aliphatic carbocycles. The van der Waals surface area contributed by atoms with Crippen molar-refractivity contribution in [3.05, 3.63) is 64.8 Å². The van der Waals surface area contributed by atoms with E-state index in [-0.39, 0.29) is 23.9 Å². The van der Waals surface area contributed by atoms with Gasteiger partial charge in [-0.1, -0.05) is 17.7 Å². The molecule has 6 rings (SSSR count). The molecule has 0 spiro atoms. The topological polar surface area (TPSA) is 111 Å². The fourth-order valence-electron chi connectivity index (χ4n) is 5.04. The number of aromatic nitrogens is 1. The lowest BCUT2D eigenvalue weighted by atomic mass is 10.1. The minimum Gasteiger partial charge on any atom is -0.495 e. The molecule has 3 aliphatic rings. The van der Waals surface area contributed by atoms with E-state index in [1.807, 2.05) is 25.1 Å². The molecule has 1 saturated carbocycles. The number of fused-ring (bicyclic) bond motifs is 4. The lowest BCUT2D eigenvalue weighted by molar-refractivity contribution is -0.116. The standard InChI is InChI=1S/C26H23ClN4O5/c1-26-21(23(26)31-25(33)29-16-4-3-5-19(34-2)22(16)27)15-12-13(6-8-18(15)36-26)35-17-10-11-28-24-14(17)7-9-20(32)30-24/h3-6,8,10-12,21,23H,7,9H2,1-2H3,(H,28,30,32)(H2,29,31,33)/t21-,23-,26?/m0/s1. The number of anilines is 2. The number of nitrogens with zero attached hydrogens (tertiary/aromatic N) is 1. The zero-order chi connectivity index (χ0) is 25.0. The summed E-state index contributed by atoms with van der Waals surface area (Å²) >= 11 is 6.30. The van der Waals surface area contributed by atoms with E-state index < -0.39 is 5.60 Å². The molecule has 36 heavy (non-hydrogen) atoms. The highest BCUT2D eigenvalue weighted by atomic mass is 35.5. The van der Waals surface area contributed by atoms with Crippen LogP contribution in [0.5, 0.6) is 23.0 Å². The summed E-state index contributed by atoms with van der Waals surface area (Å²) < 4.78 is 17.6. The van der Waals surface area contributed by atoms with Crippen molar-refractivity contribution in [1.29, 1.82) is 0 Å². The van der Waals surface area contributed by atoms with E-state index in [2.05, 4.69) is 20.9 Å². The summed E-state index contributed by atoms with van der Waals surface area (Å²) in [4.78, 5) is 28.7. The van der Waals surface area contributed by atoms with E-state index in [1.54, 1.807) is 30.5 Å². The summed E-state index contributed by atoms with van der Waals surface area (Å²) in [5.74, 6) is 3.01. The normalized spacial score (nSPS) is 22.8. The quantitative estimate of drug-likeness (QED) is 0.456. The Bertz CT molecular complexity index is 1410. The van der Waals surface area contributed by atoms with Crippen LogP contribution in [0.15, 0.2) is 48.7 Å². The summed E-state index contributed by atoms with van der Waals surface area (Å²) in [7, 11) is 1.52. The van der Waals surface area contributed by atoms with Gasteiger partial charge in [0.05, 0.1) is 24.8 Å². The highest BCUT2D eigenvalue weighted by molar-refractivity contribution is 6.35. The third-order valence-electron chi connectivity index (χ3n) is 6.92. The maximum absolute atomic E-state index is 12.7. The molecule has 2 aliphatic heterocycles. The van der Waals surface area contributed by atoms with Gasteiger partial charge in [0.2, 0.25) is 5.91 Å². The number of carbonyl (C=O) groups excluding carboxylic acids is 2. The molecular weight excluding hydrogens is 484 g/mol. The Hall–Kier alpha value is -3.98. The second-order valence-corrected chi connectivity index (χ2v) is 9.53. The zero-order valence-corrected chi connectivity index (χ0v) is 20.3. The molecule has 184 valence electrons. The highest BCUT2D eigenvalue weighted by Crippen LogP contribution is 2.62. The molecular formula is C26H23ClN4O5. The highest BCUT2D eigenvalue weighted by Gasteiger charge is 2.70. The van der Waals surface area contributed by atoms with Gasteiger partial charge in [-0.05, 0) is 49.7 Å². The first-order valence-electron chi connectivity index (χ1n) is 11.6. The largest absolute Gasteiger partial charge is 0.495 e. The Labute approximate surface area is 212 Å². The van der Waals surface area contributed by atoms with Gasteiger partial charge < -0.3 is 30.2 Å². The summed E-state index contributed by atoms with van der Waals surface area (Å²) in [6.07, 6.45) is 2.57. The van der Waals surface area contributed by atoms with Gasteiger partial charge in [-0.15, -0.1) is 0 Å². The van der Waals surface area contributed by atoms with Gasteiger partial charge in [-0.2, -0.15) is 0 Å². The van der Waals surface area contributed by atoms with Gasteiger partial charge in [0.15, 0.2) is 0 Å². The molecule has 3 heterocycles. The first-order chi connectivity index (χ1) is 17.4. The van der Waals surface area contributed by atoms with E-state index in [9.17, 15) is 9.59 Å². The number of amides is 3. The zero-order valence-electron chi connectivity index (χ0n) is 19.6. The second kappa shape index (κ2) is 8.30. The molecule has 1 unspecified atom stereocenters. The smallest absolute Gasteiger partial charge is 0.319 e. The van der Waals surface area contributed by atoms with Crippen molar-refractivity contribution in [2.45, 2.75) is 37.3 Å². The average Bonchev–Trinajstić information content (AvgIpc) is 3.28. The van der Waals surface area contributed by atoms with E-state index in [4.69, 9.17) is 25.8 Å². The van der Waals surface area contributed by atoms with Crippen molar-refractivity contribution in [3.63, 3.8) is 0 Å². The number of hydrogen-bond acceptors (Lipinski definition) is 6. The van der Waals surface area contributed by atoms with Crippen LogP contribution in [0.1, 0.15) is 30.4 Å². The Balaban J connectivity index is 1.17. The van der Waals surface area contributed by atoms with Crippen molar-refractivity contribution in [2.75, 3.05) is 17.7 Å². The fraction of sp³-hybridized carbons (Fsp3) is 0.269. The number of nitrogens with one attached hydrogen (secondary N) is 3. The molecule has 2 aromatic carbocycles. The fourth-order valence-corrected chi connectivity index (χ4v) is 5.29. The number of carbonyl (C=O) groups is 2. The van der Waals surface area contributed by atoms with Crippen molar-refractivity contribution >= 4 is 35.0 Å². The molecule has 1 fully saturated rings. The van der Waals surface area contributed by atoms with Gasteiger partial charge in [0.1, 0.15) is 39.4 Å². The van der Waals surface area contributed by atoms with E-state index in [0.29, 0.717) is 46.6 Å². The van der Waals surface area contributed by atoms with Gasteiger partial charge in [0.25, 0.3) is 0 Å². The Morgan fingerprint density at radius 1 is 1.22 bits per heavy atom. The Morgan fingerprint density at radius 2 is 2.08 bits per heavy atom. The number of benzene rings is 2. The van der Waals surface area contributed by atoms with Gasteiger partial charge in [-0.3, -0.25) is 4.79 Å². The maximum Gasteiger partial charge on any atom is 0.319 e. The minimum absolute atomic E-state index is 0.0202. The monoisotopic (exact) mass is 506 g/mol. The molecule has 0 radical (unpaired) electrons. The van der Waals surface area contributed by atoms with Gasteiger partial charge in [-0.25, -0.2) is 9.78 Å². The first kappa shape index (κ1) is 22.5. The Kier molecular flexibility index (Phi) is 5.19. The number of ether oxygens (including phenoxy) is 3. The van der Waals surface area contributed by atoms with Crippen molar-refractivity contribution < 1.29 is 23.8 Å². The second-order valence-electron chi connectivity index (χ2n) is 9.15. The summed E-state index contributed by atoms with van der Waals surface area (Å²) in [5, 5.41) is 8.90. The summed E-state index contributed by atoms with van der Waals surface area (Å²) in [5.41, 5.74) is 1.75. The number of pyridine rings is 1. The number of rotatable bonds is 5. The Morgan fingerprint density at radius 3 is 2.92 bits per heavy atom. The van der Waals surface area contributed by atoms with Crippen molar-refractivity contribution in [2.24, 2.45) is 0 Å². The number of hydrogen-bond donors (Lipinski definition) is 3. The van der Waals surface area contributed by atoms with Crippen LogP contribution >= 0.6 is 11.6 Å².